The molecule has 1 aromatic heterocycles. The SMILES string of the molecule is SCCCCCC(S)c1ccccn1. The molecule has 0 aromatic carbocycles. The van der Waals surface area contributed by atoms with Gasteiger partial charge >= 0.3 is 0 Å². The summed E-state index contributed by atoms with van der Waals surface area (Å²) in [5.41, 5.74) is 1.08. The monoisotopic (exact) mass is 227 g/mol. The molecule has 0 amide bonds. The van der Waals surface area contributed by atoms with E-state index >= 15 is 0 Å². The Morgan fingerprint density at radius 3 is 2.71 bits per heavy atom. The maximum atomic E-state index is 4.54. The van der Waals surface area contributed by atoms with Crippen LogP contribution in [0.25, 0.3) is 0 Å². The van der Waals surface area contributed by atoms with Crippen LogP contribution in [-0.4, -0.2) is 10.7 Å². The predicted octanol–water partition coefficient (Wildman–Crippen LogP) is 3.54. The van der Waals surface area contributed by atoms with Crippen molar-refractivity contribution in [3.8, 4) is 0 Å². The van der Waals surface area contributed by atoms with Gasteiger partial charge in [-0.25, -0.2) is 0 Å². The van der Waals surface area contributed by atoms with Crippen LogP contribution in [0, 0.1) is 0 Å². The van der Waals surface area contributed by atoms with Crippen molar-refractivity contribution >= 4 is 25.3 Å². The van der Waals surface area contributed by atoms with Crippen molar-refractivity contribution in [2.45, 2.75) is 30.9 Å². The number of hydrogen-bond acceptors (Lipinski definition) is 3. The Balaban J connectivity index is 2.25. The molecule has 0 spiro atoms. The first kappa shape index (κ1) is 11.9. The number of hydrogen-bond donors (Lipinski definition) is 2. The number of pyridine rings is 1. The van der Waals surface area contributed by atoms with Crippen LogP contribution in [0.2, 0.25) is 0 Å². The summed E-state index contributed by atoms with van der Waals surface area (Å²) in [6, 6.07) is 5.99. The molecular formula is C11H17NS2. The lowest BCUT2D eigenvalue weighted by Gasteiger charge is -2.08. The molecule has 1 nitrogen and oxygen atoms in total. The second-order valence-electron chi connectivity index (χ2n) is 3.34. The molecular weight excluding hydrogens is 210 g/mol. The van der Waals surface area contributed by atoms with E-state index in [1.165, 1.54) is 19.3 Å². The number of thiol groups is 2. The van der Waals surface area contributed by atoms with E-state index < -0.39 is 0 Å². The molecule has 0 aliphatic heterocycles. The Bertz CT molecular complexity index is 238. The highest BCUT2D eigenvalue weighted by molar-refractivity contribution is 7.80. The highest BCUT2D eigenvalue weighted by Gasteiger charge is 2.05. The number of nitrogens with zero attached hydrogens (tertiary/aromatic N) is 1. The molecule has 0 N–H and O–H groups in total. The van der Waals surface area contributed by atoms with E-state index in [1.807, 2.05) is 24.4 Å². The van der Waals surface area contributed by atoms with Crippen LogP contribution in [0.1, 0.15) is 36.6 Å². The lowest BCUT2D eigenvalue weighted by atomic mass is 10.1. The molecule has 1 aromatic rings. The summed E-state index contributed by atoms with van der Waals surface area (Å²) < 4.78 is 0. The van der Waals surface area contributed by atoms with Crippen molar-refractivity contribution in [3.63, 3.8) is 0 Å². The van der Waals surface area contributed by atoms with Gasteiger partial charge in [-0.1, -0.05) is 18.9 Å². The van der Waals surface area contributed by atoms with Crippen molar-refractivity contribution in [2.75, 3.05) is 5.75 Å². The zero-order valence-corrected chi connectivity index (χ0v) is 10.1. The first-order valence-electron chi connectivity index (χ1n) is 5.04. The van der Waals surface area contributed by atoms with Gasteiger partial charge < -0.3 is 0 Å². The summed E-state index contributed by atoms with van der Waals surface area (Å²) in [4.78, 5) is 4.29. The Kier molecular flexibility index (Phi) is 6.12. The number of unbranched alkanes of at least 4 members (excludes halogenated alkanes) is 2. The van der Waals surface area contributed by atoms with Gasteiger partial charge in [0.15, 0.2) is 0 Å². The van der Waals surface area contributed by atoms with E-state index in [1.54, 1.807) is 0 Å². The topological polar surface area (TPSA) is 12.9 Å². The molecule has 0 radical (unpaired) electrons. The molecule has 1 rings (SSSR count). The quantitative estimate of drug-likeness (QED) is 0.560. The van der Waals surface area contributed by atoms with Crippen LogP contribution in [-0.2, 0) is 0 Å². The summed E-state index contributed by atoms with van der Waals surface area (Å²) in [6.07, 6.45) is 6.59. The summed E-state index contributed by atoms with van der Waals surface area (Å²) in [6.45, 7) is 0. The minimum absolute atomic E-state index is 0.288. The van der Waals surface area contributed by atoms with E-state index in [-0.39, 0.29) is 5.25 Å². The zero-order valence-electron chi connectivity index (χ0n) is 8.26. The Labute approximate surface area is 97.2 Å². The summed E-state index contributed by atoms with van der Waals surface area (Å²) in [5.74, 6) is 0.987. The molecule has 3 heteroatoms. The third-order valence-electron chi connectivity index (χ3n) is 2.16. The summed E-state index contributed by atoms with van der Waals surface area (Å²) >= 11 is 8.72. The maximum absolute atomic E-state index is 4.54. The van der Waals surface area contributed by atoms with Crippen LogP contribution in [0.15, 0.2) is 24.4 Å². The van der Waals surface area contributed by atoms with E-state index in [0.29, 0.717) is 0 Å². The summed E-state index contributed by atoms with van der Waals surface area (Å²) in [7, 11) is 0. The van der Waals surface area contributed by atoms with E-state index in [2.05, 4.69) is 30.2 Å². The number of rotatable bonds is 6. The van der Waals surface area contributed by atoms with Crippen LogP contribution in [0.4, 0.5) is 0 Å². The highest BCUT2D eigenvalue weighted by Crippen LogP contribution is 2.23. The molecule has 0 aliphatic carbocycles. The van der Waals surface area contributed by atoms with Crippen LogP contribution in [0.5, 0.6) is 0 Å². The largest absolute Gasteiger partial charge is 0.260 e. The fraction of sp³-hybridized carbons (Fsp3) is 0.545. The van der Waals surface area contributed by atoms with Gasteiger partial charge in [-0.05, 0) is 30.7 Å². The predicted molar refractivity (Wildman–Crippen MR) is 68.3 cm³/mol. The molecule has 0 fully saturated rings. The average molecular weight is 227 g/mol. The minimum Gasteiger partial charge on any atom is -0.260 e. The lowest BCUT2D eigenvalue weighted by Crippen LogP contribution is -1.94. The first-order chi connectivity index (χ1) is 6.84. The van der Waals surface area contributed by atoms with Crippen molar-refractivity contribution < 1.29 is 0 Å². The molecule has 1 heterocycles. The normalized spacial score (nSPS) is 12.7. The van der Waals surface area contributed by atoms with Gasteiger partial charge in [0.1, 0.15) is 0 Å². The van der Waals surface area contributed by atoms with Crippen LogP contribution in [0.3, 0.4) is 0 Å². The van der Waals surface area contributed by atoms with Crippen molar-refractivity contribution in [3.05, 3.63) is 30.1 Å². The Morgan fingerprint density at radius 1 is 1.21 bits per heavy atom. The molecule has 0 saturated carbocycles. The third kappa shape index (κ3) is 4.38. The Hall–Kier alpha value is -0.150. The fourth-order valence-corrected chi connectivity index (χ4v) is 1.91. The first-order valence-corrected chi connectivity index (χ1v) is 6.19. The van der Waals surface area contributed by atoms with E-state index in [0.717, 1.165) is 17.9 Å². The van der Waals surface area contributed by atoms with Gasteiger partial charge in [0.2, 0.25) is 0 Å². The van der Waals surface area contributed by atoms with Gasteiger partial charge in [-0.2, -0.15) is 25.3 Å². The fourth-order valence-electron chi connectivity index (χ4n) is 1.35. The molecule has 0 bridgehead atoms. The second kappa shape index (κ2) is 7.18. The molecule has 0 aliphatic rings. The van der Waals surface area contributed by atoms with E-state index in [9.17, 15) is 0 Å². The molecule has 14 heavy (non-hydrogen) atoms. The zero-order chi connectivity index (χ0) is 10.2. The third-order valence-corrected chi connectivity index (χ3v) is 3.00. The van der Waals surface area contributed by atoms with Gasteiger partial charge in [-0.15, -0.1) is 0 Å². The Morgan fingerprint density at radius 2 is 2.07 bits per heavy atom. The smallest absolute Gasteiger partial charge is 0.0530 e. The van der Waals surface area contributed by atoms with Crippen molar-refractivity contribution in [2.24, 2.45) is 0 Å². The van der Waals surface area contributed by atoms with Gasteiger partial charge in [0.05, 0.1) is 5.69 Å². The summed E-state index contributed by atoms with van der Waals surface area (Å²) in [5, 5.41) is 0.288. The molecule has 1 unspecified atom stereocenters. The lowest BCUT2D eigenvalue weighted by molar-refractivity contribution is 0.658. The van der Waals surface area contributed by atoms with Crippen LogP contribution >= 0.6 is 25.3 Å². The van der Waals surface area contributed by atoms with E-state index in [4.69, 9.17) is 0 Å². The highest BCUT2D eigenvalue weighted by atomic mass is 32.1. The van der Waals surface area contributed by atoms with Gasteiger partial charge in [0.25, 0.3) is 0 Å². The number of aromatic nitrogens is 1. The second-order valence-corrected chi connectivity index (χ2v) is 4.41. The van der Waals surface area contributed by atoms with Crippen molar-refractivity contribution in [1.29, 1.82) is 0 Å². The maximum Gasteiger partial charge on any atom is 0.0530 e. The average Bonchev–Trinajstić information content (AvgIpc) is 2.25. The standard InChI is InChI=1S/C11H17NS2/c13-9-5-1-2-7-11(14)10-6-3-4-8-12-10/h3-4,6,8,11,13-14H,1-2,5,7,9H2. The van der Waals surface area contributed by atoms with Gasteiger partial charge in [-0.3, -0.25) is 4.98 Å². The minimum atomic E-state index is 0.288. The molecule has 0 saturated heterocycles. The van der Waals surface area contributed by atoms with Crippen LogP contribution < -0.4 is 0 Å². The molecule has 1 atom stereocenters. The van der Waals surface area contributed by atoms with Gasteiger partial charge in [0, 0.05) is 11.4 Å². The molecule has 78 valence electrons. The van der Waals surface area contributed by atoms with Crippen molar-refractivity contribution in [1.82, 2.24) is 4.98 Å².